The normalized spacial score (nSPS) is 17.7. The fourth-order valence-corrected chi connectivity index (χ4v) is 2.55. The highest BCUT2D eigenvalue weighted by Gasteiger charge is 2.16. The van der Waals surface area contributed by atoms with E-state index in [4.69, 9.17) is 4.74 Å². The highest BCUT2D eigenvalue weighted by Crippen LogP contribution is 2.16. The van der Waals surface area contributed by atoms with Gasteiger partial charge in [0, 0.05) is 25.3 Å². The van der Waals surface area contributed by atoms with E-state index in [1.807, 2.05) is 12.1 Å². The second kappa shape index (κ2) is 7.41. The van der Waals surface area contributed by atoms with Gasteiger partial charge in [-0.05, 0) is 37.8 Å². The van der Waals surface area contributed by atoms with Crippen molar-refractivity contribution < 1.29 is 9.53 Å². The molecular weight excluding hydrogens is 252 g/mol. The van der Waals surface area contributed by atoms with Crippen LogP contribution in [-0.4, -0.2) is 31.7 Å². The van der Waals surface area contributed by atoms with Crippen LogP contribution in [0.3, 0.4) is 0 Å². The summed E-state index contributed by atoms with van der Waals surface area (Å²) in [5.41, 5.74) is 2.49. The molecule has 1 fully saturated rings. The van der Waals surface area contributed by atoms with Crippen molar-refractivity contribution in [1.82, 2.24) is 10.6 Å². The Bertz CT molecular complexity index is 442. The summed E-state index contributed by atoms with van der Waals surface area (Å²) in [6, 6.07) is 8.70. The van der Waals surface area contributed by atoms with Gasteiger partial charge < -0.3 is 15.4 Å². The molecule has 1 amide bonds. The van der Waals surface area contributed by atoms with Gasteiger partial charge in [-0.15, -0.1) is 0 Å². The number of aryl methyl sites for hydroxylation is 1. The molecular formula is C16H24N2O2. The predicted molar refractivity (Wildman–Crippen MR) is 79.6 cm³/mol. The van der Waals surface area contributed by atoms with Crippen LogP contribution < -0.4 is 10.6 Å². The highest BCUT2D eigenvalue weighted by atomic mass is 16.5. The summed E-state index contributed by atoms with van der Waals surface area (Å²) in [7, 11) is 0. The van der Waals surface area contributed by atoms with E-state index < -0.39 is 0 Å². The van der Waals surface area contributed by atoms with E-state index in [0.29, 0.717) is 6.54 Å². The Hall–Kier alpha value is -1.39. The molecule has 1 aromatic carbocycles. The molecule has 0 radical (unpaired) electrons. The van der Waals surface area contributed by atoms with Crippen LogP contribution >= 0.6 is 0 Å². The Morgan fingerprint density at radius 3 is 2.75 bits per heavy atom. The molecule has 0 unspecified atom stereocenters. The first-order valence-corrected chi connectivity index (χ1v) is 7.33. The zero-order valence-electron chi connectivity index (χ0n) is 12.3. The van der Waals surface area contributed by atoms with E-state index in [9.17, 15) is 4.79 Å². The summed E-state index contributed by atoms with van der Waals surface area (Å²) >= 11 is 0. The molecule has 4 heteroatoms. The van der Waals surface area contributed by atoms with Crippen molar-refractivity contribution in [2.45, 2.75) is 38.8 Å². The van der Waals surface area contributed by atoms with E-state index in [0.717, 1.165) is 26.1 Å². The number of hydrogen-bond acceptors (Lipinski definition) is 3. The first-order chi connectivity index (χ1) is 9.66. The lowest BCUT2D eigenvalue weighted by atomic mass is 10.0. The maximum absolute atomic E-state index is 11.9. The Morgan fingerprint density at radius 1 is 1.35 bits per heavy atom. The standard InChI is InChI=1S/C16H24N2O2/c1-12-5-3-4-6-15(12)13(2)17-11-16(19)18-14-7-9-20-10-8-14/h3-6,13-14,17H,7-11H2,1-2H3,(H,18,19)/t13-/m0/s1. The molecule has 1 heterocycles. The molecule has 1 aliphatic rings. The van der Waals surface area contributed by atoms with Crippen LogP contribution in [0.2, 0.25) is 0 Å². The van der Waals surface area contributed by atoms with E-state index in [-0.39, 0.29) is 18.0 Å². The van der Waals surface area contributed by atoms with E-state index in [1.54, 1.807) is 0 Å². The molecule has 1 aromatic rings. The summed E-state index contributed by atoms with van der Waals surface area (Å²) in [4.78, 5) is 11.9. The van der Waals surface area contributed by atoms with Crippen LogP contribution in [0.25, 0.3) is 0 Å². The average Bonchev–Trinajstić information content (AvgIpc) is 2.46. The summed E-state index contributed by atoms with van der Waals surface area (Å²) in [5, 5.41) is 6.34. The number of carbonyl (C=O) groups excluding carboxylic acids is 1. The molecule has 0 spiro atoms. The third-order valence-electron chi connectivity index (χ3n) is 3.81. The highest BCUT2D eigenvalue weighted by molar-refractivity contribution is 5.78. The van der Waals surface area contributed by atoms with Gasteiger partial charge in [0.05, 0.1) is 6.54 Å². The number of benzene rings is 1. The molecule has 1 saturated heterocycles. The van der Waals surface area contributed by atoms with Crippen molar-refractivity contribution in [2.75, 3.05) is 19.8 Å². The van der Waals surface area contributed by atoms with Gasteiger partial charge in [-0.3, -0.25) is 4.79 Å². The van der Waals surface area contributed by atoms with Crippen LogP contribution in [0.15, 0.2) is 24.3 Å². The second-order valence-electron chi connectivity index (χ2n) is 5.41. The zero-order valence-corrected chi connectivity index (χ0v) is 12.3. The summed E-state index contributed by atoms with van der Waals surface area (Å²) in [5.74, 6) is 0.0670. The number of amides is 1. The molecule has 20 heavy (non-hydrogen) atoms. The van der Waals surface area contributed by atoms with Gasteiger partial charge in [0.15, 0.2) is 0 Å². The first kappa shape index (κ1) is 15.0. The van der Waals surface area contributed by atoms with Crippen LogP contribution in [0, 0.1) is 6.92 Å². The van der Waals surface area contributed by atoms with E-state index >= 15 is 0 Å². The van der Waals surface area contributed by atoms with Gasteiger partial charge in [-0.25, -0.2) is 0 Å². The van der Waals surface area contributed by atoms with Crippen molar-refractivity contribution in [1.29, 1.82) is 0 Å². The SMILES string of the molecule is Cc1ccccc1[C@H](C)NCC(=O)NC1CCOCC1. The maximum Gasteiger partial charge on any atom is 0.234 e. The molecule has 2 N–H and O–H groups in total. The Morgan fingerprint density at radius 2 is 2.05 bits per heavy atom. The van der Waals surface area contributed by atoms with Crippen LogP contribution in [0.5, 0.6) is 0 Å². The Balaban J connectivity index is 1.76. The maximum atomic E-state index is 11.9. The van der Waals surface area contributed by atoms with Crippen LogP contribution in [-0.2, 0) is 9.53 Å². The van der Waals surface area contributed by atoms with E-state index in [1.165, 1.54) is 11.1 Å². The number of ether oxygens (including phenoxy) is 1. The predicted octanol–water partition coefficient (Wildman–Crippen LogP) is 1.94. The molecule has 0 bridgehead atoms. The minimum atomic E-state index is 0.0670. The fraction of sp³-hybridized carbons (Fsp3) is 0.562. The van der Waals surface area contributed by atoms with Crippen molar-refractivity contribution in [3.63, 3.8) is 0 Å². The monoisotopic (exact) mass is 276 g/mol. The summed E-state index contributed by atoms with van der Waals surface area (Å²) in [6.45, 7) is 6.03. The Labute approximate surface area is 120 Å². The Kier molecular flexibility index (Phi) is 5.56. The molecule has 2 rings (SSSR count). The van der Waals surface area contributed by atoms with Gasteiger partial charge >= 0.3 is 0 Å². The van der Waals surface area contributed by atoms with Crippen molar-refractivity contribution in [3.8, 4) is 0 Å². The molecule has 0 saturated carbocycles. The molecule has 110 valence electrons. The topological polar surface area (TPSA) is 50.4 Å². The van der Waals surface area contributed by atoms with Gasteiger partial charge in [0.2, 0.25) is 5.91 Å². The molecule has 1 aliphatic heterocycles. The second-order valence-corrected chi connectivity index (χ2v) is 5.41. The molecule has 0 aliphatic carbocycles. The van der Waals surface area contributed by atoms with E-state index in [2.05, 4.69) is 36.6 Å². The van der Waals surface area contributed by atoms with Crippen LogP contribution in [0.1, 0.15) is 36.9 Å². The average molecular weight is 276 g/mol. The van der Waals surface area contributed by atoms with Gasteiger partial charge in [0.1, 0.15) is 0 Å². The minimum absolute atomic E-state index is 0.0670. The third kappa shape index (κ3) is 4.32. The number of nitrogens with one attached hydrogen (secondary N) is 2. The number of carbonyl (C=O) groups is 1. The number of rotatable bonds is 5. The lowest BCUT2D eigenvalue weighted by Gasteiger charge is -2.24. The van der Waals surface area contributed by atoms with Crippen LogP contribution in [0.4, 0.5) is 0 Å². The summed E-state index contributed by atoms with van der Waals surface area (Å²) in [6.07, 6.45) is 1.83. The lowest BCUT2D eigenvalue weighted by molar-refractivity contribution is -0.121. The fourth-order valence-electron chi connectivity index (χ4n) is 2.55. The smallest absolute Gasteiger partial charge is 0.234 e. The van der Waals surface area contributed by atoms with Crippen molar-refractivity contribution in [3.05, 3.63) is 35.4 Å². The molecule has 0 aromatic heterocycles. The van der Waals surface area contributed by atoms with Gasteiger partial charge in [-0.1, -0.05) is 24.3 Å². The molecule has 1 atom stereocenters. The third-order valence-corrected chi connectivity index (χ3v) is 3.81. The molecule has 4 nitrogen and oxygen atoms in total. The number of hydrogen-bond donors (Lipinski definition) is 2. The minimum Gasteiger partial charge on any atom is -0.381 e. The van der Waals surface area contributed by atoms with Crippen molar-refractivity contribution in [2.24, 2.45) is 0 Å². The summed E-state index contributed by atoms with van der Waals surface area (Å²) < 4.78 is 5.28. The first-order valence-electron chi connectivity index (χ1n) is 7.33. The lowest BCUT2D eigenvalue weighted by Crippen LogP contribution is -2.43. The zero-order chi connectivity index (χ0) is 14.4. The quantitative estimate of drug-likeness (QED) is 0.864. The van der Waals surface area contributed by atoms with Crippen molar-refractivity contribution >= 4 is 5.91 Å². The van der Waals surface area contributed by atoms with Gasteiger partial charge in [0.25, 0.3) is 0 Å². The largest absolute Gasteiger partial charge is 0.381 e. The van der Waals surface area contributed by atoms with Gasteiger partial charge in [-0.2, -0.15) is 0 Å².